The van der Waals surface area contributed by atoms with Gasteiger partial charge >= 0.3 is 0 Å². The van der Waals surface area contributed by atoms with E-state index in [1.807, 2.05) is 0 Å². The number of benzene rings is 2. The van der Waals surface area contributed by atoms with Crippen LogP contribution >= 0.6 is 39.1 Å². The van der Waals surface area contributed by atoms with E-state index in [1.165, 1.54) is 7.11 Å². The van der Waals surface area contributed by atoms with Crippen LogP contribution in [0.25, 0.3) is 0 Å². The standard InChI is InChI=1S/C14H10BrCl2NO2/c1-20-13-5-3-9(7-12(13)17)18-14(19)10-6-8(15)2-4-11(10)16/h2-7H,1H3,(H,18,19). The molecule has 2 aromatic carbocycles. The minimum atomic E-state index is -0.308. The molecule has 0 saturated heterocycles. The largest absolute Gasteiger partial charge is 0.495 e. The molecule has 20 heavy (non-hydrogen) atoms. The second kappa shape index (κ2) is 6.48. The smallest absolute Gasteiger partial charge is 0.257 e. The zero-order valence-corrected chi connectivity index (χ0v) is 13.5. The van der Waals surface area contributed by atoms with E-state index in [0.717, 1.165) is 4.47 Å². The van der Waals surface area contributed by atoms with Crippen molar-refractivity contribution in [2.45, 2.75) is 0 Å². The van der Waals surface area contributed by atoms with Crippen LogP contribution in [0.3, 0.4) is 0 Å². The summed E-state index contributed by atoms with van der Waals surface area (Å²) >= 11 is 15.3. The minimum absolute atomic E-state index is 0.308. The van der Waals surface area contributed by atoms with Crippen LogP contribution in [-0.2, 0) is 0 Å². The fraction of sp³-hybridized carbons (Fsp3) is 0.0714. The van der Waals surface area contributed by atoms with Crippen LogP contribution in [0.1, 0.15) is 10.4 Å². The molecule has 0 aromatic heterocycles. The van der Waals surface area contributed by atoms with Crippen LogP contribution in [0.2, 0.25) is 10.0 Å². The third-order valence-corrected chi connectivity index (χ3v) is 3.70. The van der Waals surface area contributed by atoms with Crippen molar-refractivity contribution in [1.82, 2.24) is 0 Å². The van der Waals surface area contributed by atoms with Gasteiger partial charge in [-0.2, -0.15) is 0 Å². The minimum Gasteiger partial charge on any atom is -0.495 e. The molecule has 104 valence electrons. The number of carbonyl (C=O) groups is 1. The Morgan fingerprint density at radius 2 is 1.90 bits per heavy atom. The van der Waals surface area contributed by atoms with E-state index in [2.05, 4.69) is 21.2 Å². The van der Waals surface area contributed by atoms with E-state index < -0.39 is 0 Å². The van der Waals surface area contributed by atoms with Gasteiger partial charge in [-0.15, -0.1) is 0 Å². The number of carbonyl (C=O) groups excluding carboxylic acids is 1. The first-order valence-corrected chi connectivity index (χ1v) is 7.16. The average molecular weight is 375 g/mol. The van der Waals surface area contributed by atoms with E-state index in [4.69, 9.17) is 27.9 Å². The fourth-order valence-electron chi connectivity index (χ4n) is 1.61. The molecule has 3 nitrogen and oxygen atoms in total. The van der Waals surface area contributed by atoms with E-state index in [-0.39, 0.29) is 5.91 Å². The highest BCUT2D eigenvalue weighted by Crippen LogP contribution is 2.28. The van der Waals surface area contributed by atoms with Crippen LogP contribution in [0, 0.1) is 0 Å². The topological polar surface area (TPSA) is 38.3 Å². The number of halogens is 3. The number of hydrogen-bond acceptors (Lipinski definition) is 2. The van der Waals surface area contributed by atoms with Crippen molar-refractivity contribution in [3.8, 4) is 5.75 Å². The Morgan fingerprint density at radius 1 is 1.15 bits per heavy atom. The first-order chi connectivity index (χ1) is 9.51. The molecule has 0 spiro atoms. The van der Waals surface area contributed by atoms with Gasteiger partial charge in [0.05, 0.1) is 22.7 Å². The predicted molar refractivity (Wildman–Crippen MR) is 85.1 cm³/mol. The molecule has 1 amide bonds. The molecule has 0 saturated carbocycles. The van der Waals surface area contributed by atoms with Gasteiger partial charge in [-0.3, -0.25) is 4.79 Å². The first-order valence-electron chi connectivity index (χ1n) is 5.61. The summed E-state index contributed by atoms with van der Waals surface area (Å²) in [6, 6.07) is 10.1. The number of nitrogens with one attached hydrogen (secondary N) is 1. The molecule has 0 aliphatic carbocycles. The molecule has 0 heterocycles. The van der Waals surface area contributed by atoms with Gasteiger partial charge < -0.3 is 10.1 Å². The van der Waals surface area contributed by atoms with Gasteiger partial charge in [-0.05, 0) is 36.4 Å². The Morgan fingerprint density at radius 3 is 2.55 bits per heavy atom. The maximum Gasteiger partial charge on any atom is 0.257 e. The van der Waals surface area contributed by atoms with Crippen molar-refractivity contribution in [3.63, 3.8) is 0 Å². The molecule has 2 aromatic rings. The van der Waals surface area contributed by atoms with E-state index in [0.29, 0.717) is 27.0 Å². The maximum absolute atomic E-state index is 12.2. The van der Waals surface area contributed by atoms with Gasteiger partial charge in [-0.25, -0.2) is 0 Å². The van der Waals surface area contributed by atoms with Gasteiger partial charge in [0.1, 0.15) is 5.75 Å². The van der Waals surface area contributed by atoms with Crippen LogP contribution in [0.15, 0.2) is 40.9 Å². The molecular weight excluding hydrogens is 365 g/mol. The van der Waals surface area contributed by atoms with Crippen LogP contribution in [-0.4, -0.2) is 13.0 Å². The number of rotatable bonds is 3. The molecule has 0 bridgehead atoms. The van der Waals surface area contributed by atoms with Crippen molar-refractivity contribution < 1.29 is 9.53 Å². The molecule has 0 aliphatic rings. The summed E-state index contributed by atoms with van der Waals surface area (Å²) in [5.74, 6) is 0.239. The summed E-state index contributed by atoms with van der Waals surface area (Å²) in [5.41, 5.74) is 0.949. The average Bonchev–Trinajstić information content (AvgIpc) is 2.41. The Hall–Kier alpha value is -1.23. The Kier molecular flexibility index (Phi) is 4.91. The molecule has 0 atom stereocenters. The predicted octanol–water partition coefficient (Wildman–Crippen LogP) is 5.02. The third-order valence-electron chi connectivity index (χ3n) is 2.58. The van der Waals surface area contributed by atoms with Gasteiger partial charge in [0.15, 0.2) is 0 Å². The monoisotopic (exact) mass is 373 g/mol. The number of hydrogen-bond donors (Lipinski definition) is 1. The highest BCUT2D eigenvalue weighted by molar-refractivity contribution is 9.10. The quantitative estimate of drug-likeness (QED) is 0.819. The second-order valence-electron chi connectivity index (χ2n) is 3.93. The lowest BCUT2D eigenvalue weighted by atomic mass is 10.2. The van der Waals surface area contributed by atoms with Crippen LogP contribution < -0.4 is 10.1 Å². The lowest BCUT2D eigenvalue weighted by molar-refractivity contribution is 0.102. The summed E-state index contributed by atoms with van der Waals surface area (Å²) in [5, 5.41) is 3.54. The van der Waals surface area contributed by atoms with Gasteiger partial charge in [0, 0.05) is 10.2 Å². The summed E-state index contributed by atoms with van der Waals surface area (Å²) in [6.07, 6.45) is 0. The SMILES string of the molecule is COc1ccc(NC(=O)c2cc(Br)ccc2Cl)cc1Cl. The van der Waals surface area contributed by atoms with E-state index in [9.17, 15) is 4.79 Å². The van der Waals surface area contributed by atoms with Crippen LogP contribution in [0.5, 0.6) is 5.75 Å². The zero-order valence-electron chi connectivity index (χ0n) is 10.4. The summed E-state index contributed by atoms with van der Waals surface area (Å²) in [7, 11) is 1.53. The van der Waals surface area contributed by atoms with Crippen molar-refractivity contribution in [2.75, 3.05) is 12.4 Å². The third kappa shape index (κ3) is 3.45. The lowest BCUT2D eigenvalue weighted by Crippen LogP contribution is -2.12. The molecule has 1 N–H and O–H groups in total. The van der Waals surface area contributed by atoms with Crippen LogP contribution in [0.4, 0.5) is 5.69 Å². The van der Waals surface area contributed by atoms with E-state index in [1.54, 1.807) is 36.4 Å². The lowest BCUT2D eigenvalue weighted by Gasteiger charge is -2.09. The van der Waals surface area contributed by atoms with Crippen molar-refractivity contribution in [1.29, 1.82) is 0 Å². The zero-order chi connectivity index (χ0) is 14.7. The maximum atomic E-state index is 12.2. The molecular formula is C14H10BrCl2NO2. The summed E-state index contributed by atoms with van der Waals surface area (Å²) in [4.78, 5) is 12.2. The fourth-order valence-corrected chi connectivity index (χ4v) is 2.44. The molecule has 0 unspecified atom stereocenters. The molecule has 0 fully saturated rings. The first kappa shape index (κ1) is 15.2. The van der Waals surface area contributed by atoms with Crippen molar-refractivity contribution >= 4 is 50.7 Å². The number of anilines is 1. The molecule has 2 rings (SSSR count). The van der Waals surface area contributed by atoms with Gasteiger partial charge in [0.2, 0.25) is 0 Å². The highest BCUT2D eigenvalue weighted by Gasteiger charge is 2.12. The van der Waals surface area contributed by atoms with Crippen molar-refractivity contribution in [3.05, 3.63) is 56.5 Å². The summed E-state index contributed by atoms with van der Waals surface area (Å²) < 4.78 is 5.83. The molecule has 6 heteroatoms. The Balaban J connectivity index is 2.23. The number of ether oxygens (including phenoxy) is 1. The second-order valence-corrected chi connectivity index (χ2v) is 5.66. The van der Waals surface area contributed by atoms with Gasteiger partial charge in [-0.1, -0.05) is 39.1 Å². The summed E-state index contributed by atoms with van der Waals surface area (Å²) in [6.45, 7) is 0. The Bertz CT molecular complexity index is 662. The normalized spacial score (nSPS) is 10.2. The highest BCUT2D eigenvalue weighted by atomic mass is 79.9. The number of amides is 1. The van der Waals surface area contributed by atoms with Crippen molar-refractivity contribution in [2.24, 2.45) is 0 Å². The Labute approximate surface area is 135 Å². The van der Waals surface area contributed by atoms with E-state index >= 15 is 0 Å². The number of methoxy groups -OCH3 is 1. The molecule has 0 aliphatic heterocycles. The van der Waals surface area contributed by atoms with Gasteiger partial charge in [0.25, 0.3) is 5.91 Å². The molecule has 0 radical (unpaired) electrons.